The van der Waals surface area contributed by atoms with E-state index in [1.165, 1.54) is 49.6 Å². The van der Waals surface area contributed by atoms with Crippen LogP contribution >= 0.6 is 24.0 Å². The molecule has 4 rings (SSSR count). The third-order valence-corrected chi connectivity index (χ3v) is 6.73. The Labute approximate surface area is 174 Å². The van der Waals surface area contributed by atoms with E-state index >= 15 is 0 Å². The topological polar surface area (TPSA) is 20.3 Å². The molecule has 0 unspecified atom stereocenters. The van der Waals surface area contributed by atoms with Crippen molar-refractivity contribution in [2.75, 3.05) is 0 Å². The molecule has 0 aromatic heterocycles. The first-order valence-electron chi connectivity index (χ1n) is 9.75. The number of rotatable bonds is 3. The van der Waals surface area contributed by atoms with Gasteiger partial charge in [-0.1, -0.05) is 86.1 Å². The molecule has 0 atom stereocenters. The number of hydrogen-bond acceptors (Lipinski definition) is 3. The highest BCUT2D eigenvalue weighted by molar-refractivity contribution is 8.26. The predicted octanol–water partition coefficient (Wildman–Crippen LogP) is 6.42. The van der Waals surface area contributed by atoms with Gasteiger partial charge in [-0.05, 0) is 47.7 Å². The van der Waals surface area contributed by atoms with E-state index in [0.29, 0.717) is 9.23 Å². The van der Waals surface area contributed by atoms with Crippen molar-refractivity contribution < 1.29 is 9.18 Å². The maximum Gasteiger partial charge on any atom is 0.266 e. The third kappa shape index (κ3) is 4.20. The molecule has 5 heteroatoms. The van der Waals surface area contributed by atoms with E-state index in [2.05, 4.69) is 0 Å². The minimum atomic E-state index is -0.240. The molecular formula is C23H22FNOS2. The summed E-state index contributed by atoms with van der Waals surface area (Å²) in [5.74, 6) is -0.194. The van der Waals surface area contributed by atoms with Crippen molar-refractivity contribution in [3.63, 3.8) is 0 Å². The molecule has 0 spiro atoms. The van der Waals surface area contributed by atoms with Gasteiger partial charge < -0.3 is 0 Å². The van der Waals surface area contributed by atoms with Gasteiger partial charge in [-0.2, -0.15) is 0 Å². The molecular weight excluding hydrogens is 389 g/mol. The zero-order chi connectivity index (χ0) is 19.5. The van der Waals surface area contributed by atoms with Crippen molar-refractivity contribution in [1.29, 1.82) is 0 Å². The number of thiocarbonyl (C=S) groups is 1. The van der Waals surface area contributed by atoms with Gasteiger partial charge in [-0.3, -0.25) is 9.69 Å². The molecule has 2 aromatic carbocycles. The summed E-state index contributed by atoms with van der Waals surface area (Å²) in [5, 5.41) is 0. The van der Waals surface area contributed by atoms with Crippen molar-refractivity contribution in [2.24, 2.45) is 0 Å². The lowest BCUT2D eigenvalue weighted by atomic mass is 10.0. The second-order valence-electron chi connectivity index (χ2n) is 7.33. The van der Waals surface area contributed by atoms with Gasteiger partial charge in [0.2, 0.25) is 0 Å². The van der Waals surface area contributed by atoms with Gasteiger partial charge in [0.25, 0.3) is 5.91 Å². The molecule has 144 valence electrons. The Morgan fingerprint density at radius 2 is 1.50 bits per heavy atom. The SMILES string of the molecule is O=C1/C(=C/c2ccc(-c3ccc(F)cc3)cc2)SC(=S)N1C1CCCCCC1. The quantitative estimate of drug-likeness (QED) is 0.330. The number of benzene rings is 2. The van der Waals surface area contributed by atoms with Crippen LogP contribution < -0.4 is 0 Å². The molecule has 2 nitrogen and oxygen atoms in total. The van der Waals surface area contributed by atoms with Crippen LogP contribution in [-0.4, -0.2) is 21.2 Å². The van der Waals surface area contributed by atoms with Crippen LogP contribution in [0.2, 0.25) is 0 Å². The van der Waals surface area contributed by atoms with Crippen molar-refractivity contribution in [3.8, 4) is 11.1 Å². The second-order valence-corrected chi connectivity index (χ2v) is 9.00. The summed E-state index contributed by atoms with van der Waals surface area (Å²) in [7, 11) is 0. The number of nitrogens with zero attached hydrogens (tertiary/aromatic N) is 1. The lowest BCUT2D eigenvalue weighted by Gasteiger charge is -2.25. The minimum Gasteiger partial charge on any atom is -0.290 e. The van der Waals surface area contributed by atoms with Crippen molar-refractivity contribution in [1.82, 2.24) is 4.90 Å². The predicted molar refractivity (Wildman–Crippen MR) is 118 cm³/mol. The Hall–Kier alpha value is -1.98. The van der Waals surface area contributed by atoms with Gasteiger partial charge in [-0.15, -0.1) is 0 Å². The second kappa shape index (κ2) is 8.58. The number of thioether (sulfide) groups is 1. The van der Waals surface area contributed by atoms with E-state index in [-0.39, 0.29) is 17.8 Å². The minimum absolute atomic E-state index is 0.0458. The summed E-state index contributed by atoms with van der Waals surface area (Å²) in [6, 6.07) is 14.7. The average Bonchev–Trinajstić information content (AvgIpc) is 2.88. The van der Waals surface area contributed by atoms with Crippen LogP contribution in [0.25, 0.3) is 17.2 Å². The van der Waals surface area contributed by atoms with Crippen molar-refractivity contribution in [2.45, 2.75) is 44.6 Å². The number of hydrogen-bond donors (Lipinski definition) is 0. The number of carbonyl (C=O) groups excluding carboxylic acids is 1. The average molecular weight is 412 g/mol. The number of carbonyl (C=O) groups is 1. The molecule has 0 N–H and O–H groups in total. The first-order valence-corrected chi connectivity index (χ1v) is 11.0. The smallest absolute Gasteiger partial charge is 0.266 e. The fourth-order valence-corrected chi connectivity index (χ4v) is 5.28. The van der Waals surface area contributed by atoms with E-state index in [0.717, 1.165) is 29.5 Å². The summed E-state index contributed by atoms with van der Waals surface area (Å²) < 4.78 is 13.8. The standard InChI is InChI=1S/C23H22FNOS2/c24-19-13-11-18(12-14-19)17-9-7-16(8-10-17)15-21-22(26)25(23(27)28-21)20-5-3-1-2-4-6-20/h7-15,20H,1-6H2/b21-15-. The third-order valence-electron chi connectivity index (χ3n) is 5.40. The van der Waals surface area contributed by atoms with Gasteiger partial charge >= 0.3 is 0 Å². The van der Waals surface area contributed by atoms with Crippen LogP contribution in [0.3, 0.4) is 0 Å². The molecule has 28 heavy (non-hydrogen) atoms. The van der Waals surface area contributed by atoms with Crippen LogP contribution in [-0.2, 0) is 4.79 Å². The van der Waals surface area contributed by atoms with E-state index < -0.39 is 0 Å². The number of halogens is 1. The highest BCUT2D eigenvalue weighted by Crippen LogP contribution is 2.37. The highest BCUT2D eigenvalue weighted by atomic mass is 32.2. The van der Waals surface area contributed by atoms with Crippen LogP contribution in [0.5, 0.6) is 0 Å². The van der Waals surface area contributed by atoms with Crippen molar-refractivity contribution in [3.05, 3.63) is 64.8 Å². The largest absolute Gasteiger partial charge is 0.290 e. The van der Waals surface area contributed by atoms with E-state index in [4.69, 9.17) is 12.2 Å². The van der Waals surface area contributed by atoms with E-state index in [1.807, 2.05) is 35.2 Å². The lowest BCUT2D eigenvalue weighted by molar-refractivity contribution is -0.123. The molecule has 1 saturated heterocycles. The highest BCUT2D eigenvalue weighted by Gasteiger charge is 2.36. The summed E-state index contributed by atoms with van der Waals surface area (Å²) in [5.41, 5.74) is 2.95. The first kappa shape index (κ1) is 19.3. The summed E-state index contributed by atoms with van der Waals surface area (Å²) >= 11 is 6.93. The van der Waals surface area contributed by atoms with Gasteiger partial charge in [0.05, 0.1) is 4.91 Å². The molecule has 1 aliphatic heterocycles. The summed E-state index contributed by atoms with van der Waals surface area (Å²) in [4.78, 5) is 15.5. The van der Waals surface area contributed by atoms with Crippen LogP contribution in [0.15, 0.2) is 53.4 Å². The Balaban J connectivity index is 1.51. The van der Waals surface area contributed by atoms with E-state index in [1.54, 1.807) is 12.1 Å². The zero-order valence-corrected chi connectivity index (χ0v) is 17.2. The van der Waals surface area contributed by atoms with Crippen LogP contribution in [0.4, 0.5) is 4.39 Å². The maximum absolute atomic E-state index is 13.1. The fraction of sp³-hybridized carbons (Fsp3) is 0.304. The molecule has 1 amide bonds. The van der Waals surface area contributed by atoms with E-state index in [9.17, 15) is 9.18 Å². The molecule has 2 aliphatic rings. The fourth-order valence-electron chi connectivity index (χ4n) is 3.88. The Kier molecular flexibility index (Phi) is 5.93. The van der Waals surface area contributed by atoms with Gasteiger partial charge in [0.1, 0.15) is 10.1 Å². The lowest BCUT2D eigenvalue weighted by Crippen LogP contribution is -2.38. The molecule has 1 heterocycles. The van der Waals surface area contributed by atoms with Crippen molar-refractivity contribution >= 4 is 40.3 Å². The molecule has 2 fully saturated rings. The van der Waals surface area contributed by atoms with Crippen LogP contribution in [0.1, 0.15) is 44.1 Å². The van der Waals surface area contributed by atoms with Gasteiger partial charge in [0.15, 0.2) is 0 Å². The Morgan fingerprint density at radius 3 is 2.11 bits per heavy atom. The maximum atomic E-state index is 13.1. The first-order chi connectivity index (χ1) is 13.6. The Bertz CT molecular complexity index is 897. The Morgan fingerprint density at radius 1 is 0.929 bits per heavy atom. The molecule has 0 bridgehead atoms. The van der Waals surface area contributed by atoms with Gasteiger partial charge in [-0.25, -0.2) is 4.39 Å². The number of amides is 1. The van der Waals surface area contributed by atoms with Gasteiger partial charge in [0, 0.05) is 6.04 Å². The van der Waals surface area contributed by atoms with Crippen LogP contribution in [0, 0.1) is 5.82 Å². The molecule has 1 aliphatic carbocycles. The normalized spacial score (nSPS) is 20.0. The molecule has 2 aromatic rings. The summed E-state index contributed by atoms with van der Waals surface area (Å²) in [6.45, 7) is 0. The molecule has 1 saturated carbocycles. The zero-order valence-electron chi connectivity index (χ0n) is 15.6. The summed E-state index contributed by atoms with van der Waals surface area (Å²) in [6.07, 6.45) is 8.86. The monoisotopic (exact) mass is 411 g/mol. The molecule has 0 radical (unpaired) electrons.